The molecule has 150 valence electrons. The lowest BCUT2D eigenvalue weighted by Gasteiger charge is -2.45. The molecular weight excluding hydrogens is 356 g/mol. The number of hydrogen-bond donors (Lipinski definition) is 2. The summed E-state index contributed by atoms with van der Waals surface area (Å²) in [7, 11) is 0. The van der Waals surface area contributed by atoms with Crippen molar-refractivity contribution in [3.05, 3.63) is 30.3 Å². The molecule has 0 aromatic heterocycles. The number of piperazine rings is 2. The van der Waals surface area contributed by atoms with Crippen LogP contribution in [0.2, 0.25) is 0 Å². The minimum Gasteiger partial charge on any atom is -0.342 e. The predicted molar refractivity (Wildman–Crippen MR) is 106 cm³/mol. The summed E-state index contributed by atoms with van der Waals surface area (Å²) in [5, 5.41) is 5.78. The van der Waals surface area contributed by atoms with Crippen molar-refractivity contribution in [1.29, 1.82) is 0 Å². The summed E-state index contributed by atoms with van der Waals surface area (Å²) in [6.45, 7) is 1.07. The number of rotatable bonds is 3. The minimum absolute atomic E-state index is 0.0123. The topological polar surface area (TPSA) is 81.8 Å². The van der Waals surface area contributed by atoms with E-state index in [9.17, 15) is 14.4 Å². The van der Waals surface area contributed by atoms with E-state index in [2.05, 4.69) is 10.6 Å². The largest absolute Gasteiger partial charge is 0.342 e. The lowest BCUT2D eigenvalue weighted by atomic mass is 9.84. The third-order valence-corrected chi connectivity index (χ3v) is 6.19. The number of amides is 4. The Morgan fingerprint density at radius 3 is 2.57 bits per heavy atom. The Labute approximate surface area is 165 Å². The molecule has 3 aliphatic rings. The van der Waals surface area contributed by atoms with Gasteiger partial charge in [0.25, 0.3) is 0 Å². The first-order valence-corrected chi connectivity index (χ1v) is 10.3. The third-order valence-electron chi connectivity index (χ3n) is 6.19. The molecule has 4 amide bonds. The van der Waals surface area contributed by atoms with Crippen molar-refractivity contribution in [1.82, 2.24) is 15.1 Å². The smallest absolute Gasteiger partial charge is 0.321 e. The highest BCUT2D eigenvalue weighted by Crippen LogP contribution is 2.29. The molecule has 2 aliphatic heterocycles. The molecule has 3 fully saturated rings. The zero-order valence-corrected chi connectivity index (χ0v) is 16.1. The van der Waals surface area contributed by atoms with Crippen LogP contribution < -0.4 is 10.6 Å². The van der Waals surface area contributed by atoms with E-state index >= 15 is 0 Å². The van der Waals surface area contributed by atoms with Crippen LogP contribution in [0, 0.1) is 5.92 Å². The van der Waals surface area contributed by atoms with Gasteiger partial charge in [0.15, 0.2) is 0 Å². The second-order valence-electron chi connectivity index (χ2n) is 8.09. The minimum atomic E-state index is -0.592. The van der Waals surface area contributed by atoms with Crippen LogP contribution in [-0.4, -0.2) is 59.4 Å². The number of nitrogens with zero attached hydrogens (tertiary/aromatic N) is 2. The monoisotopic (exact) mass is 384 g/mol. The quantitative estimate of drug-likeness (QED) is 0.838. The van der Waals surface area contributed by atoms with E-state index in [1.54, 1.807) is 9.80 Å². The summed E-state index contributed by atoms with van der Waals surface area (Å²) in [6, 6.07) is 8.00. The molecule has 1 aromatic rings. The molecule has 1 saturated carbocycles. The molecule has 1 aromatic carbocycles. The van der Waals surface area contributed by atoms with Gasteiger partial charge in [-0.25, -0.2) is 4.79 Å². The molecule has 2 heterocycles. The maximum absolute atomic E-state index is 12.9. The van der Waals surface area contributed by atoms with E-state index < -0.39 is 12.1 Å². The predicted octanol–water partition coefficient (Wildman–Crippen LogP) is 2.20. The fourth-order valence-corrected chi connectivity index (χ4v) is 4.63. The lowest BCUT2D eigenvalue weighted by Crippen LogP contribution is -2.70. The Kier molecular flexibility index (Phi) is 5.50. The SMILES string of the molecule is O=C1N[C@@H](CC2CCCCC2)C(=O)N2CCN(C(=O)Nc3ccccc3)C[C@H]12. The zero-order chi connectivity index (χ0) is 19.5. The molecule has 2 saturated heterocycles. The molecule has 28 heavy (non-hydrogen) atoms. The number of para-hydroxylation sites is 1. The van der Waals surface area contributed by atoms with E-state index in [4.69, 9.17) is 0 Å². The highest BCUT2D eigenvalue weighted by atomic mass is 16.2. The molecular formula is C21H28N4O3. The average molecular weight is 384 g/mol. The van der Waals surface area contributed by atoms with E-state index in [0.717, 1.165) is 19.3 Å². The normalized spacial score (nSPS) is 25.9. The molecule has 2 N–H and O–H groups in total. The average Bonchev–Trinajstić information content (AvgIpc) is 2.73. The number of fused-ring (bicyclic) bond motifs is 1. The van der Waals surface area contributed by atoms with Gasteiger partial charge < -0.3 is 20.4 Å². The molecule has 7 nitrogen and oxygen atoms in total. The summed E-state index contributed by atoms with van der Waals surface area (Å²) >= 11 is 0. The van der Waals surface area contributed by atoms with Crippen LogP contribution in [0.1, 0.15) is 38.5 Å². The van der Waals surface area contributed by atoms with E-state index in [0.29, 0.717) is 24.7 Å². The summed E-state index contributed by atoms with van der Waals surface area (Å²) in [5.74, 6) is 0.397. The second kappa shape index (κ2) is 8.20. The fraction of sp³-hybridized carbons (Fsp3) is 0.571. The van der Waals surface area contributed by atoms with Gasteiger partial charge in [-0.1, -0.05) is 50.3 Å². The number of hydrogen-bond acceptors (Lipinski definition) is 3. The van der Waals surface area contributed by atoms with Crippen LogP contribution in [0.25, 0.3) is 0 Å². The van der Waals surface area contributed by atoms with Crippen molar-refractivity contribution < 1.29 is 14.4 Å². The van der Waals surface area contributed by atoms with Crippen LogP contribution in [0.5, 0.6) is 0 Å². The Morgan fingerprint density at radius 2 is 1.82 bits per heavy atom. The standard InChI is InChI=1S/C21H28N4O3/c26-19-18-14-24(21(28)22-16-9-5-2-6-10-16)11-12-25(18)20(27)17(23-19)13-15-7-3-1-4-8-15/h2,5-6,9-10,15,17-18H,1,3-4,7-8,11-14H2,(H,22,28)(H,23,26)/t17-,18+/m0/s1. The van der Waals surface area contributed by atoms with Crippen molar-refractivity contribution in [2.45, 2.75) is 50.6 Å². The summed E-state index contributed by atoms with van der Waals surface area (Å²) < 4.78 is 0. The van der Waals surface area contributed by atoms with Gasteiger partial charge in [0.1, 0.15) is 12.1 Å². The number of urea groups is 1. The Morgan fingerprint density at radius 1 is 1.07 bits per heavy atom. The lowest BCUT2D eigenvalue weighted by molar-refractivity contribution is -0.152. The van der Waals surface area contributed by atoms with Gasteiger partial charge in [-0.2, -0.15) is 0 Å². The van der Waals surface area contributed by atoms with Crippen LogP contribution in [0.4, 0.5) is 10.5 Å². The number of nitrogens with one attached hydrogen (secondary N) is 2. The molecule has 0 bridgehead atoms. The van der Waals surface area contributed by atoms with Crippen molar-refractivity contribution >= 4 is 23.5 Å². The Bertz CT molecular complexity index is 732. The van der Waals surface area contributed by atoms with Gasteiger partial charge in [0.2, 0.25) is 11.8 Å². The van der Waals surface area contributed by atoms with Gasteiger partial charge in [-0.15, -0.1) is 0 Å². The zero-order valence-electron chi connectivity index (χ0n) is 16.1. The van der Waals surface area contributed by atoms with E-state index in [-0.39, 0.29) is 24.4 Å². The number of carbonyl (C=O) groups excluding carboxylic acids is 3. The first-order valence-electron chi connectivity index (χ1n) is 10.3. The van der Waals surface area contributed by atoms with Gasteiger partial charge in [0, 0.05) is 18.8 Å². The van der Waals surface area contributed by atoms with Crippen molar-refractivity contribution in [2.24, 2.45) is 5.92 Å². The highest BCUT2D eigenvalue weighted by molar-refractivity contribution is 5.98. The summed E-state index contributed by atoms with van der Waals surface area (Å²) in [4.78, 5) is 41.5. The van der Waals surface area contributed by atoms with Crippen LogP contribution in [0.3, 0.4) is 0 Å². The van der Waals surface area contributed by atoms with Crippen LogP contribution >= 0.6 is 0 Å². The molecule has 0 spiro atoms. The maximum atomic E-state index is 12.9. The van der Waals surface area contributed by atoms with Gasteiger partial charge in [-0.3, -0.25) is 9.59 Å². The van der Waals surface area contributed by atoms with Crippen molar-refractivity contribution in [2.75, 3.05) is 25.0 Å². The van der Waals surface area contributed by atoms with Gasteiger partial charge >= 0.3 is 6.03 Å². The molecule has 0 unspecified atom stereocenters. The number of carbonyl (C=O) groups is 3. The van der Waals surface area contributed by atoms with Crippen molar-refractivity contribution in [3.63, 3.8) is 0 Å². The third kappa shape index (κ3) is 3.98. The maximum Gasteiger partial charge on any atom is 0.321 e. The van der Waals surface area contributed by atoms with Crippen LogP contribution in [-0.2, 0) is 9.59 Å². The molecule has 2 atom stereocenters. The van der Waals surface area contributed by atoms with Crippen molar-refractivity contribution in [3.8, 4) is 0 Å². The molecule has 1 aliphatic carbocycles. The fourth-order valence-electron chi connectivity index (χ4n) is 4.63. The van der Waals surface area contributed by atoms with E-state index in [1.807, 2.05) is 30.3 Å². The second-order valence-corrected chi connectivity index (χ2v) is 8.09. The first-order chi connectivity index (χ1) is 13.6. The number of anilines is 1. The number of benzene rings is 1. The summed E-state index contributed by atoms with van der Waals surface area (Å²) in [6.07, 6.45) is 6.75. The summed E-state index contributed by atoms with van der Waals surface area (Å²) in [5.41, 5.74) is 0.714. The molecule has 0 radical (unpaired) electrons. The van der Waals surface area contributed by atoms with E-state index in [1.165, 1.54) is 19.3 Å². The first kappa shape index (κ1) is 18.8. The Balaban J connectivity index is 1.36. The van der Waals surface area contributed by atoms with Gasteiger partial charge in [0.05, 0.1) is 6.54 Å². The molecule has 4 rings (SSSR count). The van der Waals surface area contributed by atoms with Crippen LogP contribution in [0.15, 0.2) is 30.3 Å². The molecule has 7 heteroatoms. The van der Waals surface area contributed by atoms with Gasteiger partial charge in [-0.05, 0) is 24.5 Å². The Hall–Kier alpha value is -2.57. The highest BCUT2D eigenvalue weighted by Gasteiger charge is 2.44.